The standard InChI is InChI=1S/C26H15ClFNO5S3/c27-19-4-2-1-3-17(19)18-12-16(13-20-23(18)34-26(32)37-20)33-22(30)9-10-29-24(31)21(36-25(29)35)11-14-5-7-15(28)8-6-14/h1-8,11-13H,9-10H2/b21-11-. The van der Waals surface area contributed by atoms with Crippen LogP contribution in [0, 0.1) is 5.82 Å². The Hall–Kier alpha value is -3.31. The molecule has 0 spiro atoms. The summed E-state index contributed by atoms with van der Waals surface area (Å²) in [4.78, 5) is 38.6. The maximum absolute atomic E-state index is 13.1. The van der Waals surface area contributed by atoms with Gasteiger partial charge in [0, 0.05) is 28.8 Å². The minimum absolute atomic E-state index is 0.0307. The van der Waals surface area contributed by atoms with Crippen LogP contribution in [-0.4, -0.2) is 27.6 Å². The molecule has 0 N–H and O–H groups in total. The molecule has 1 saturated heterocycles. The molecule has 0 unspecified atom stereocenters. The predicted molar refractivity (Wildman–Crippen MR) is 147 cm³/mol. The summed E-state index contributed by atoms with van der Waals surface area (Å²) in [5.74, 6) is -1.08. The van der Waals surface area contributed by atoms with E-state index in [0.29, 0.717) is 41.2 Å². The maximum Gasteiger partial charge on any atom is 0.396 e. The first kappa shape index (κ1) is 25.3. The summed E-state index contributed by atoms with van der Waals surface area (Å²) in [6.07, 6.45) is 1.51. The van der Waals surface area contributed by atoms with Crippen molar-refractivity contribution in [3.8, 4) is 16.9 Å². The van der Waals surface area contributed by atoms with Gasteiger partial charge in [-0.25, -0.2) is 9.18 Å². The summed E-state index contributed by atoms with van der Waals surface area (Å²) in [5, 5.41) is 0.448. The Bertz CT molecular complexity index is 1640. The highest BCUT2D eigenvalue weighted by atomic mass is 35.5. The van der Waals surface area contributed by atoms with Crippen molar-refractivity contribution in [3.05, 3.63) is 91.7 Å². The van der Waals surface area contributed by atoms with Gasteiger partial charge in [-0.05, 0) is 35.9 Å². The van der Waals surface area contributed by atoms with Gasteiger partial charge < -0.3 is 9.15 Å². The third-order valence-corrected chi connectivity index (χ3v) is 7.86. The Labute approximate surface area is 228 Å². The van der Waals surface area contributed by atoms with Gasteiger partial charge in [-0.3, -0.25) is 14.5 Å². The summed E-state index contributed by atoms with van der Waals surface area (Å²) in [5.41, 5.74) is 2.16. The number of fused-ring (bicyclic) bond motifs is 1. The molecule has 1 aliphatic rings. The van der Waals surface area contributed by atoms with Crippen LogP contribution in [-0.2, 0) is 9.59 Å². The number of halogens is 2. The van der Waals surface area contributed by atoms with E-state index in [-0.39, 0.29) is 30.4 Å². The fourth-order valence-electron chi connectivity index (χ4n) is 3.68. The number of nitrogens with zero attached hydrogens (tertiary/aromatic N) is 1. The summed E-state index contributed by atoms with van der Waals surface area (Å²) >= 11 is 13.7. The van der Waals surface area contributed by atoms with Crippen LogP contribution in [0.5, 0.6) is 5.75 Å². The van der Waals surface area contributed by atoms with E-state index in [1.54, 1.807) is 54.6 Å². The highest BCUT2D eigenvalue weighted by Gasteiger charge is 2.32. The van der Waals surface area contributed by atoms with E-state index in [1.165, 1.54) is 17.0 Å². The van der Waals surface area contributed by atoms with Crippen LogP contribution in [0.15, 0.2) is 74.8 Å². The van der Waals surface area contributed by atoms with Crippen molar-refractivity contribution in [2.45, 2.75) is 6.42 Å². The molecule has 0 bridgehead atoms. The van der Waals surface area contributed by atoms with Gasteiger partial charge in [0.2, 0.25) is 0 Å². The number of hydrogen-bond acceptors (Lipinski definition) is 8. The number of hydrogen-bond donors (Lipinski definition) is 0. The van der Waals surface area contributed by atoms with Crippen LogP contribution in [0.2, 0.25) is 5.02 Å². The smallest absolute Gasteiger partial charge is 0.396 e. The van der Waals surface area contributed by atoms with Gasteiger partial charge in [0.05, 0.1) is 16.0 Å². The van der Waals surface area contributed by atoms with Crippen LogP contribution in [0.4, 0.5) is 4.39 Å². The third-order valence-electron chi connectivity index (χ3n) is 5.38. The van der Waals surface area contributed by atoms with Crippen LogP contribution < -0.4 is 9.68 Å². The van der Waals surface area contributed by atoms with Crippen molar-refractivity contribution in [3.63, 3.8) is 0 Å². The van der Waals surface area contributed by atoms with Gasteiger partial charge in [-0.15, -0.1) is 0 Å². The molecule has 0 saturated carbocycles. The third kappa shape index (κ3) is 5.52. The first-order valence-corrected chi connectivity index (χ1v) is 13.2. The second-order valence-electron chi connectivity index (χ2n) is 7.84. The lowest BCUT2D eigenvalue weighted by Crippen LogP contribution is -2.31. The average molecular weight is 572 g/mol. The Morgan fingerprint density at radius 2 is 1.86 bits per heavy atom. The second kappa shape index (κ2) is 10.6. The van der Waals surface area contributed by atoms with Crippen LogP contribution >= 0.6 is 46.9 Å². The average Bonchev–Trinajstić information content (AvgIpc) is 3.36. The zero-order valence-corrected chi connectivity index (χ0v) is 21.9. The Morgan fingerprint density at radius 3 is 2.62 bits per heavy atom. The van der Waals surface area contributed by atoms with Crippen molar-refractivity contribution < 1.29 is 23.1 Å². The molecule has 4 aromatic rings. The fourth-order valence-corrected chi connectivity index (χ4v) is 5.95. The second-order valence-corrected chi connectivity index (χ2v) is 10.9. The van der Waals surface area contributed by atoms with Gasteiger partial charge in [-0.2, -0.15) is 0 Å². The molecule has 6 nitrogen and oxygen atoms in total. The number of ether oxygens (including phenoxy) is 1. The number of thioether (sulfide) groups is 1. The quantitative estimate of drug-likeness (QED) is 0.113. The predicted octanol–water partition coefficient (Wildman–Crippen LogP) is 6.51. The van der Waals surface area contributed by atoms with Gasteiger partial charge in [0.25, 0.3) is 5.91 Å². The molecule has 186 valence electrons. The molecule has 1 amide bonds. The molecule has 5 rings (SSSR count). The van der Waals surface area contributed by atoms with E-state index in [4.69, 9.17) is 33.0 Å². The first-order chi connectivity index (χ1) is 17.8. The normalized spacial score (nSPS) is 14.6. The topological polar surface area (TPSA) is 76.8 Å². The molecule has 0 atom stereocenters. The number of benzene rings is 3. The minimum Gasteiger partial charge on any atom is -0.426 e. The number of amides is 1. The SMILES string of the molecule is O=C(CCN1C(=O)/C(=C/c2ccc(F)cc2)SC1=S)Oc1cc(-c2ccccc2Cl)c2oc(=O)sc2c1. The molecular weight excluding hydrogens is 557 g/mol. The van der Waals surface area contributed by atoms with Gasteiger partial charge in [-0.1, -0.05) is 77.2 Å². The van der Waals surface area contributed by atoms with Crippen LogP contribution in [0.3, 0.4) is 0 Å². The van der Waals surface area contributed by atoms with E-state index in [9.17, 15) is 18.8 Å². The largest absolute Gasteiger partial charge is 0.426 e. The van der Waals surface area contributed by atoms with Crippen molar-refractivity contribution in [1.82, 2.24) is 4.90 Å². The highest BCUT2D eigenvalue weighted by Crippen LogP contribution is 2.38. The van der Waals surface area contributed by atoms with Gasteiger partial charge in [0.15, 0.2) is 5.58 Å². The molecule has 37 heavy (non-hydrogen) atoms. The number of esters is 1. The Balaban J connectivity index is 1.31. The van der Waals surface area contributed by atoms with Crippen LogP contribution in [0.25, 0.3) is 27.5 Å². The first-order valence-electron chi connectivity index (χ1n) is 10.8. The zero-order chi connectivity index (χ0) is 26.1. The number of rotatable bonds is 6. The van der Waals surface area contributed by atoms with Crippen molar-refractivity contribution in [1.29, 1.82) is 0 Å². The number of carbonyl (C=O) groups excluding carboxylic acids is 2. The molecule has 3 aromatic carbocycles. The summed E-state index contributed by atoms with van der Waals surface area (Å²) in [6, 6.07) is 15.9. The molecule has 11 heteroatoms. The van der Waals surface area contributed by atoms with E-state index in [2.05, 4.69) is 0 Å². The molecule has 1 fully saturated rings. The van der Waals surface area contributed by atoms with Gasteiger partial charge >= 0.3 is 10.9 Å². The molecule has 1 aromatic heterocycles. The number of carbonyl (C=O) groups is 2. The van der Waals surface area contributed by atoms with Crippen molar-refractivity contribution in [2.24, 2.45) is 0 Å². The van der Waals surface area contributed by atoms with Gasteiger partial charge in [0.1, 0.15) is 15.9 Å². The monoisotopic (exact) mass is 571 g/mol. The molecule has 0 aliphatic carbocycles. The van der Waals surface area contributed by atoms with E-state index >= 15 is 0 Å². The fraction of sp³-hybridized carbons (Fsp3) is 0.0769. The van der Waals surface area contributed by atoms with E-state index in [0.717, 1.165) is 23.1 Å². The minimum atomic E-state index is -0.586. The zero-order valence-electron chi connectivity index (χ0n) is 18.7. The number of thiocarbonyl (C=S) groups is 1. The molecule has 0 radical (unpaired) electrons. The molecular formula is C26H15ClFNO5S3. The van der Waals surface area contributed by atoms with Crippen molar-refractivity contribution >= 4 is 79.5 Å². The van der Waals surface area contributed by atoms with E-state index < -0.39 is 10.9 Å². The summed E-state index contributed by atoms with van der Waals surface area (Å²) < 4.78 is 24.9. The van der Waals surface area contributed by atoms with E-state index in [1.807, 2.05) is 0 Å². The van der Waals surface area contributed by atoms with Crippen LogP contribution in [0.1, 0.15) is 12.0 Å². The summed E-state index contributed by atoms with van der Waals surface area (Å²) in [6.45, 7) is 0.0307. The Morgan fingerprint density at radius 1 is 1.11 bits per heavy atom. The summed E-state index contributed by atoms with van der Waals surface area (Å²) in [7, 11) is 0. The Kier molecular flexibility index (Phi) is 7.25. The lowest BCUT2D eigenvalue weighted by atomic mass is 10.0. The highest BCUT2D eigenvalue weighted by molar-refractivity contribution is 8.26. The molecule has 1 aliphatic heterocycles. The van der Waals surface area contributed by atoms with Crippen molar-refractivity contribution in [2.75, 3.05) is 6.54 Å². The lowest BCUT2D eigenvalue weighted by molar-refractivity contribution is -0.134. The maximum atomic E-state index is 13.1. The lowest BCUT2D eigenvalue weighted by Gasteiger charge is -2.14. The molecule has 2 heterocycles.